The number of Topliss-reactive ketones (excluding diaryl/α,β-unsaturated/α-hetero) is 1. The fraction of sp³-hybridized carbons (Fsp3) is 0.900. The molecule has 2 atom stereocenters. The molecule has 0 bridgehead atoms. The van der Waals surface area contributed by atoms with Gasteiger partial charge in [-0.3, -0.25) is 9.69 Å². The Bertz CT molecular complexity index is 207. The van der Waals surface area contributed by atoms with Crippen LogP contribution < -0.4 is 0 Å². The molecule has 0 radical (unpaired) electrons. The predicted octanol–water partition coefficient (Wildman–Crippen LogP) is 1.54. The zero-order valence-corrected chi connectivity index (χ0v) is 7.84. The van der Waals surface area contributed by atoms with Crippen molar-refractivity contribution in [2.45, 2.75) is 44.3 Å². The van der Waals surface area contributed by atoms with E-state index < -0.39 is 6.17 Å². The molecule has 0 aromatic carbocycles. The van der Waals surface area contributed by atoms with Crippen LogP contribution >= 0.6 is 0 Å². The Hall–Kier alpha value is -0.440. The fourth-order valence-corrected chi connectivity index (χ4v) is 2.39. The molecular weight excluding hydrogens is 169 g/mol. The molecule has 2 rings (SSSR count). The molecule has 1 heterocycles. The van der Waals surface area contributed by atoms with Gasteiger partial charge in [-0.25, -0.2) is 4.39 Å². The maximum absolute atomic E-state index is 12.9. The molecule has 1 saturated carbocycles. The van der Waals surface area contributed by atoms with Crippen LogP contribution in [0, 0.1) is 0 Å². The Labute approximate surface area is 78.1 Å². The van der Waals surface area contributed by atoms with Crippen LogP contribution in [0.1, 0.15) is 32.1 Å². The number of nitrogens with zero attached hydrogens (tertiary/aromatic N) is 1. The van der Waals surface area contributed by atoms with Crippen LogP contribution in [0.5, 0.6) is 0 Å². The van der Waals surface area contributed by atoms with Gasteiger partial charge < -0.3 is 0 Å². The van der Waals surface area contributed by atoms with E-state index in [-0.39, 0.29) is 0 Å². The number of hydrogen-bond donors (Lipinski definition) is 0. The van der Waals surface area contributed by atoms with E-state index in [1.165, 1.54) is 0 Å². The van der Waals surface area contributed by atoms with Crippen molar-refractivity contribution in [3.8, 4) is 0 Å². The van der Waals surface area contributed by atoms with Crippen molar-refractivity contribution in [2.75, 3.05) is 13.1 Å². The van der Waals surface area contributed by atoms with Gasteiger partial charge in [-0.2, -0.15) is 0 Å². The highest BCUT2D eigenvalue weighted by molar-refractivity contribution is 5.79. The van der Waals surface area contributed by atoms with E-state index in [4.69, 9.17) is 0 Å². The van der Waals surface area contributed by atoms with Gasteiger partial charge in [-0.1, -0.05) is 0 Å². The average Bonchev–Trinajstić information content (AvgIpc) is 2.52. The zero-order chi connectivity index (χ0) is 9.26. The number of ketones is 1. The molecule has 2 fully saturated rings. The quantitative estimate of drug-likeness (QED) is 0.617. The lowest BCUT2D eigenvalue weighted by Gasteiger charge is -2.29. The number of likely N-dealkylation sites (tertiary alicyclic amines) is 1. The molecule has 2 aliphatic rings. The first kappa shape index (κ1) is 9.13. The number of alkyl halides is 1. The largest absolute Gasteiger partial charge is 0.300 e. The molecule has 13 heavy (non-hydrogen) atoms. The van der Waals surface area contributed by atoms with Gasteiger partial charge in [0.05, 0.1) is 0 Å². The van der Waals surface area contributed by atoms with Crippen molar-refractivity contribution in [3.05, 3.63) is 0 Å². The topological polar surface area (TPSA) is 20.3 Å². The average molecular weight is 185 g/mol. The van der Waals surface area contributed by atoms with Crippen molar-refractivity contribution >= 4 is 5.78 Å². The van der Waals surface area contributed by atoms with E-state index in [2.05, 4.69) is 4.90 Å². The summed E-state index contributed by atoms with van der Waals surface area (Å²) in [6.07, 6.45) is 3.48. The summed E-state index contributed by atoms with van der Waals surface area (Å²) in [4.78, 5) is 13.3. The SMILES string of the molecule is O=C1CCCC(N2CCC(F)C2)C1. The van der Waals surface area contributed by atoms with E-state index in [0.29, 0.717) is 31.2 Å². The van der Waals surface area contributed by atoms with Crippen LogP contribution in [0.4, 0.5) is 4.39 Å². The molecule has 1 aliphatic heterocycles. The van der Waals surface area contributed by atoms with Crippen LogP contribution in [0.25, 0.3) is 0 Å². The standard InChI is InChI=1S/C10H16FNO/c11-8-4-5-12(7-8)9-2-1-3-10(13)6-9/h8-9H,1-7H2. The van der Waals surface area contributed by atoms with Crippen molar-refractivity contribution in [1.29, 1.82) is 0 Å². The van der Waals surface area contributed by atoms with Gasteiger partial charge in [0.1, 0.15) is 12.0 Å². The highest BCUT2D eigenvalue weighted by Crippen LogP contribution is 2.24. The monoisotopic (exact) mass is 185 g/mol. The normalized spacial score (nSPS) is 36.8. The third-order valence-electron chi connectivity index (χ3n) is 3.13. The molecule has 2 nitrogen and oxygen atoms in total. The van der Waals surface area contributed by atoms with E-state index in [9.17, 15) is 9.18 Å². The van der Waals surface area contributed by atoms with E-state index in [0.717, 1.165) is 25.8 Å². The zero-order valence-electron chi connectivity index (χ0n) is 7.84. The number of halogens is 1. The second-order valence-electron chi connectivity index (χ2n) is 4.17. The number of carbonyl (C=O) groups excluding carboxylic acids is 1. The maximum atomic E-state index is 12.9. The van der Waals surface area contributed by atoms with Gasteiger partial charge >= 0.3 is 0 Å². The van der Waals surface area contributed by atoms with Crippen molar-refractivity contribution in [2.24, 2.45) is 0 Å². The summed E-state index contributed by atoms with van der Waals surface area (Å²) < 4.78 is 12.9. The van der Waals surface area contributed by atoms with Crippen LogP contribution in [-0.2, 0) is 4.79 Å². The summed E-state index contributed by atoms with van der Waals surface area (Å²) >= 11 is 0. The van der Waals surface area contributed by atoms with Crippen LogP contribution in [0.15, 0.2) is 0 Å². The summed E-state index contributed by atoms with van der Waals surface area (Å²) in [6.45, 7) is 1.40. The lowest BCUT2D eigenvalue weighted by Crippen LogP contribution is -2.37. The first-order valence-electron chi connectivity index (χ1n) is 5.15. The molecule has 1 saturated heterocycles. The van der Waals surface area contributed by atoms with Crippen LogP contribution in [0.3, 0.4) is 0 Å². The van der Waals surface area contributed by atoms with Gasteiger partial charge in [-0.15, -0.1) is 0 Å². The summed E-state index contributed by atoms with van der Waals surface area (Å²) in [5.74, 6) is 0.360. The Morgan fingerprint density at radius 3 is 2.85 bits per heavy atom. The third kappa shape index (κ3) is 2.08. The van der Waals surface area contributed by atoms with Crippen molar-refractivity contribution < 1.29 is 9.18 Å². The molecule has 0 N–H and O–H groups in total. The molecule has 0 amide bonds. The lowest BCUT2D eigenvalue weighted by atomic mass is 9.93. The first-order chi connectivity index (χ1) is 6.25. The molecule has 0 spiro atoms. The summed E-state index contributed by atoms with van der Waals surface area (Å²) in [7, 11) is 0. The molecule has 2 unspecified atom stereocenters. The van der Waals surface area contributed by atoms with Crippen molar-refractivity contribution in [3.63, 3.8) is 0 Å². The highest BCUT2D eigenvalue weighted by Gasteiger charge is 2.30. The first-order valence-corrected chi connectivity index (χ1v) is 5.15. The lowest BCUT2D eigenvalue weighted by molar-refractivity contribution is -0.121. The smallest absolute Gasteiger partial charge is 0.134 e. The Morgan fingerprint density at radius 2 is 2.23 bits per heavy atom. The minimum absolute atomic E-state index is 0.349. The second kappa shape index (κ2) is 3.74. The number of carbonyl (C=O) groups is 1. The number of hydrogen-bond acceptors (Lipinski definition) is 2. The fourth-order valence-electron chi connectivity index (χ4n) is 2.39. The molecule has 0 aromatic rings. The predicted molar refractivity (Wildman–Crippen MR) is 48.3 cm³/mol. The van der Waals surface area contributed by atoms with Crippen LogP contribution in [0.2, 0.25) is 0 Å². The van der Waals surface area contributed by atoms with Gasteiger partial charge in [0, 0.05) is 32.0 Å². The van der Waals surface area contributed by atoms with E-state index >= 15 is 0 Å². The van der Waals surface area contributed by atoms with Crippen LogP contribution in [-0.4, -0.2) is 36.0 Å². The molecule has 0 aromatic heterocycles. The van der Waals surface area contributed by atoms with Crippen molar-refractivity contribution in [1.82, 2.24) is 4.90 Å². The highest BCUT2D eigenvalue weighted by atomic mass is 19.1. The molecule has 74 valence electrons. The number of rotatable bonds is 1. The molecule has 3 heteroatoms. The summed E-state index contributed by atoms with van der Waals surface area (Å²) in [5.41, 5.74) is 0. The van der Waals surface area contributed by atoms with E-state index in [1.54, 1.807) is 0 Å². The summed E-state index contributed by atoms with van der Waals surface area (Å²) in [6, 6.07) is 0.349. The molecule has 1 aliphatic carbocycles. The minimum atomic E-state index is -0.656. The van der Waals surface area contributed by atoms with Gasteiger partial charge in [-0.05, 0) is 19.3 Å². The second-order valence-corrected chi connectivity index (χ2v) is 4.17. The Morgan fingerprint density at radius 1 is 1.38 bits per heavy atom. The van der Waals surface area contributed by atoms with Gasteiger partial charge in [0.15, 0.2) is 0 Å². The maximum Gasteiger partial charge on any atom is 0.134 e. The minimum Gasteiger partial charge on any atom is -0.300 e. The third-order valence-corrected chi connectivity index (χ3v) is 3.13. The van der Waals surface area contributed by atoms with E-state index in [1.807, 2.05) is 0 Å². The van der Waals surface area contributed by atoms with Gasteiger partial charge in [0.25, 0.3) is 0 Å². The Kier molecular flexibility index (Phi) is 2.63. The molecular formula is C10H16FNO. The Balaban J connectivity index is 1.89. The summed E-state index contributed by atoms with van der Waals surface area (Å²) in [5, 5.41) is 0. The van der Waals surface area contributed by atoms with Gasteiger partial charge in [0.2, 0.25) is 0 Å².